The van der Waals surface area contributed by atoms with Crippen LogP contribution in [0, 0.1) is 6.92 Å². The summed E-state index contributed by atoms with van der Waals surface area (Å²) in [4.78, 5) is 35.3. The summed E-state index contributed by atoms with van der Waals surface area (Å²) < 4.78 is 11.2. The summed E-state index contributed by atoms with van der Waals surface area (Å²) in [5.41, 5.74) is 3.78. The molecule has 1 N–H and O–H groups in total. The quantitative estimate of drug-likeness (QED) is 0.380. The van der Waals surface area contributed by atoms with Gasteiger partial charge >= 0.3 is 5.97 Å². The fourth-order valence-electron chi connectivity index (χ4n) is 4.21. The molecule has 4 aromatic rings. The standard InChI is InChI=1S/C26H23N3O4.C2H6O.C2H6.CH2O/c1-17-9-10-20(28-11-13-33-14-12-28)16-23(17)29-25(30)22-8-3-2-7-21(22)24(27-29)18-5-4-6-19(15-18)26(31)32;1-3-2;2*1-2/h2-10,15-16H,11-14H2,1H3,(H,31,32);1-2H3;1-2H3;1H2. The van der Waals surface area contributed by atoms with Crippen molar-refractivity contribution >= 4 is 29.2 Å². The first-order valence-electron chi connectivity index (χ1n) is 12.9. The number of carbonyl (C=O) groups excluding carboxylic acids is 1. The largest absolute Gasteiger partial charge is 0.478 e. The number of aromatic carboxylic acids is 1. The first-order chi connectivity index (χ1) is 19.4. The van der Waals surface area contributed by atoms with E-state index in [0.717, 1.165) is 24.3 Å². The van der Waals surface area contributed by atoms with Crippen molar-refractivity contribution in [3.8, 4) is 16.9 Å². The summed E-state index contributed by atoms with van der Waals surface area (Å²) in [6.45, 7) is 10.9. The molecule has 0 radical (unpaired) electrons. The zero-order chi connectivity index (χ0) is 29.7. The topological polar surface area (TPSA) is 111 Å². The monoisotopic (exact) mass is 547 g/mol. The van der Waals surface area contributed by atoms with Crippen LogP contribution in [0.5, 0.6) is 0 Å². The second kappa shape index (κ2) is 15.9. The highest BCUT2D eigenvalue weighted by Crippen LogP contribution is 2.28. The van der Waals surface area contributed by atoms with Gasteiger partial charge < -0.3 is 24.3 Å². The average molecular weight is 548 g/mol. The van der Waals surface area contributed by atoms with Crippen molar-refractivity contribution in [2.24, 2.45) is 0 Å². The Balaban J connectivity index is 0.000000737. The van der Waals surface area contributed by atoms with Crippen LogP contribution in [0.3, 0.4) is 0 Å². The van der Waals surface area contributed by atoms with E-state index in [0.29, 0.717) is 40.9 Å². The Bertz CT molecular complexity index is 1460. The molecule has 2 heterocycles. The van der Waals surface area contributed by atoms with Crippen LogP contribution in [0.1, 0.15) is 29.8 Å². The number of fused-ring (bicyclic) bond motifs is 1. The van der Waals surface area contributed by atoms with Crippen LogP contribution in [0.25, 0.3) is 27.7 Å². The third kappa shape index (κ3) is 7.40. The highest BCUT2D eigenvalue weighted by molar-refractivity contribution is 5.96. The maximum atomic E-state index is 13.5. The van der Waals surface area contributed by atoms with Crippen molar-refractivity contribution in [2.75, 3.05) is 45.4 Å². The van der Waals surface area contributed by atoms with Crippen molar-refractivity contribution in [1.82, 2.24) is 9.78 Å². The Morgan fingerprint density at radius 1 is 0.950 bits per heavy atom. The number of hydrogen-bond donors (Lipinski definition) is 1. The number of ether oxygens (including phenoxy) is 2. The van der Waals surface area contributed by atoms with Crippen LogP contribution >= 0.6 is 0 Å². The van der Waals surface area contributed by atoms with E-state index in [1.54, 1.807) is 38.5 Å². The van der Waals surface area contributed by atoms with E-state index in [9.17, 15) is 14.7 Å². The summed E-state index contributed by atoms with van der Waals surface area (Å²) >= 11 is 0. The highest BCUT2D eigenvalue weighted by Gasteiger charge is 2.18. The highest BCUT2D eigenvalue weighted by atomic mass is 16.5. The van der Waals surface area contributed by atoms with Gasteiger partial charge in [0.1, 0.15) is 6.79 Å². The molecular formula is C31H37N3O6. The fourth-order valence-corrected chi connectivity index (χ4v) is 4.21. The number of aryl methyl sites for hydroxylation is 1. The van der Waals surface area contributed by atoms with E-state index in [1.165, 1.54) is 4.68 Å². The average Bonchev–Trinajstić information content (AvgIpc) is 3.01. The molecule has 9 heteroatoms. The maximum Gasteiger partial charge on any atom is 0.335 e. The van der Waals surface area contributed by atoms with Gasteiger partial charge in [0.05, 0.1) is 35.5 Å². The van der Waals surface area contributed by atoms with Gasteiger partial charge in [0.15, 0.2) is 0 Å². The second-order valence-corrected chi connectivity index (χ2v) is 8.48. The number of rotatable bonds is 4. The lowest BCUT2D eigenvalue weighted by atomic mass is 10.0. The zero-order valence-corrected chi connectivity index (χ0v) is 23.7. The summed E-state index contributed by atoms with van der Waals surface area (Å²) in [7, 11) is 3.25. The molecule has 0 unspecified atom stereocenters. The zero-order valence-electron chi connectivity index (χ0n) is 23.7. The molecule has 1 aliphatic heterocycles. The normalized spacial score (nSPS) is 12.2. The minimum atomic E-state index is -1.01. The number of carbonyl (C=O) groups is 2. The molecule has 40 heavy (non-hydrogen) atoms. The lowest BCUT2D eigenvalue weighted by molar-refractivity contribution is -0.0980. The van der Waals surface area contributed by atoms with Gasteiger partial charge in [-0.2, -0.15) is 9.78 Å². The number of morpholine rings is 1. The molecule has 1 fully saturated rings. The molecule has 0 spiro atoms. The van der Waals surface area contributed by atoms with Gasteiger partial charge in [-0.1, -0.05) is 50.2 Å². The molecule has 0 amide bonds. The Morgan fingerprint density at radius 2 is 1.57 bits per heavy atom. The third-order valence-electron chi connectivity index (χ3n) is 5.99. The molecule has 3 aromatic carbocycles. The number of anilines is 1. The van der Waals surface area contributed by atoms with Crippen LogP contribution in [0.15, 0.2) is 71.5 Å². The van der Waals surface area contributed by atoms with Gasteiger partial charge in [-0.15, -0.1) is 0 Å². The van der Waals surface area contributed by atoms with Gasteiger partial charge in [0.2, 0.25) is 0 Å². The number of carboxylic acids is 1. The van der Waals surface area contributed by atoms with Crippen LogP contribution in [-0.2, 0) is 14.3 Å². The number of hydrogen-bond acceptors (Lipinski definition) is 7. The van der Waals surface area contributed by atoms with Crippen LogP contribution in [0.2, 0.25) is 0 Å². The van der Waals surface area contributed by atoms with Crippen molar-refractivity contribution in [1.29, 1.82) is 0 Å². The van der Waals surface area contributed by atoms with E-state index in [4.69, 9.17) is 14.6 Å². The van der Waals surface area contributed by atoms with E-state index >= 15 is 0 Å². The van der Waals surface area contributed by atoms with Gasteiger partial charge in [-0.3, -0.25) is 4.79 Å². The second-order valence-electron chi connectivity index (χ2n) is 8.48. The number of methoxy groups -OCH3 is 1. The Hall–Kier alpha value is -4.34. The SMILES string of the molecule is C=O.CC.COC.Cc1ccc(N2CCOCC2)cc1-n1nc(-c2cccc(C(=O)O)c2)c2ccccc2c1=O. The van der Waals surface area contributed by atoms with Crippen LogP contribution in [0.4, 0.5) is 5.69 Å². The first-order valence-corrected chi connectivity index (χ1v) is 12.9. The lowest BCUT2D eigenvalue weighted by Gasteiger charge is -2.29. The van der Waals surface area contributed by atoms with Crippen LogP contribution in [-0.4, -0.2) is 68.2 Å². The van der Waals surface area contributed by atoms with Gasteiger partial charge in [0, 0.05) is 43.9 Å². The predicted octanol–water partition coefficient (Wildman–Crippen LogP) is 5.00. The Morgan fingerprint density at radius 3 is 2.20 bits per heavy atom. The molecule has 212 valence electrons. The molecule has 1 aromatic heterocycles. The summed E-state index contributed by atoms with van der Waals surface area (Å²) in [6.07, 6.45) is 0. The molecule has 9 nitrogen and oxygen atoms in total. The van der Waals surface area contributed by atoms with Crippen molar-refractivity contribution in [3.63, 3.8) is 0 Å². The minimum Gasteiger partial charge on any atom is -0.478 e. The van der Waals surface area contributed by atoms with Crippen molar-refractivity contribution < 1.29 is 24.2 Å². The molecular weight excluding hydrogens is 510 g/mol. The van der Waals surface area contributed by atoms with Gasteiger partial charge in [0.25, 0.3) is 5.56 Å². The van der Waals surface area contributed by atoms with Gasteiger partial charge in [-0.05, 0) is 42.8 Å². The number of carboxylic acid groups (broad SMARTS) is 1. The first kappa shape index (κ1) is 31.9. The summed E-state index contributed by atoms with van der Waals surface area (Å²) in [5, 5.41) is 15.4. The van der Waals surface area contributed by atoms with Crippen LogP contribution < -0.4 is 10.5 Å². The maximum absolute atomic E-state index is 13.5. The smallest absolute Gasteiger partial charge is 0.335 e. The lowest BCUT2D eigenvalue weighted by Crippen LogP contribution is -2.36. The predicted molar refractivity (Wildman–Crippen MR) is 159 cm³/mol. The van der Waals surface area contributed by atoms with Gasteiger partial charge in [-0.25, -0.2) is 4.79 Å². The number of aromatic nitrogens is 2. The van der Waals surface area contributed by atoms with E-state index in [1.807, 2.05) is 70.0 Å². The Labute approximate surface area is 234 Å². The summed E-state index contributed by atoms with van der Waals surface area (Å²) in [5.74, 6) is -1.01. The molecule has 0 atom stereocenters. The molecule has 0 aliphatic carbocycles. The summed E-state index contributed by atoms with van der Waals surface area (Å²) in [6, 6.07) is 20.0. The minimum absolute atomic E-state index is 0.168. The number of benzene rings is 3. The van der Waals surface area contributed by atoms with Crippen molar-refractivity contribution in [2.45, 2.75) is 20.8 Å². The molecule has 5 rings (SSSR count). The number of nitrogens with zero attached hydrogens (tertiary/aromatic N) is 3. The van der Waals surface area contributed by atoms with Crippen molar-refractivity contribution in [3.05, 3.63) is 88.2 Å². The molecule has 1 aliphatic rings. The fraction of sp³-hybridized carbons (Fsp3) is 0.290. The molecule has 0 bridgehead atoms. The molecule has 0 saturated carbocycles. The third-order valence-corrected chi connectivity index (χ3v) is 5.99. The van der Waals surface area contributed by atoms with E-state index < -0.39 is 5.97 Å². The Kier molecular flexibility index (Phi) is 12.7. The van der Waals surface area contributed by atoms with E-state index in [2.05, 4.69) is 9.64 Å². The van der Waals surface area contributed by atoms with E-state index in [-0.39, 0.29) is 11.1 Å². The molecule has 1 saturated heterocycles.